The number of aromatic amines is 1. The molecule has 172 valence electrons. The largest absolute Gasteiger partial charge is 0.368 e. The van der Waals surface area contributed by atoms with Gasteiger partial charge in [0.1, 0.15) is 13.5 Å². The number of hydrogen-bond acceptors (Lipinski definition) is 6. The average Bonchev–Trinajstić information content (AvgIpc) is 3.22. The van der Waals surface area contributed by atoms with Gasteiger partial charge in [-0.3, -0.25) is 14.6 Å². The molecule has 1 aliphatic heterocycles. The number of aromatic nitrogens is 3. The molecule has 33 heavy (non-hydrogen) atoms. The third kappa shape index (κ3) is 5.17. The fraction of sp³-hybridized carbons (Fsp3) is 0.391. The lowest BCUT2D eigenvalue weighted by Gasteiger charge is -2.37. The van der Waals surface area contributed by atoms with E-state index in [1.807, 2.05) is 18.9 Å². The molecule has 0 saturated carbocycles. The second-order valence-electron chi connectivity index (χ2n) is 8.64. The maximum absolute atomic E-state index is 12.7. The summed E-state index contributed by atoms with van der Waals surface area (Å²) in [5, 5.41) is 7.18. The lowest BCUT2D eigenvalue weighted by molar-refractivity contribution is -0.131. The second kappa shape index (κ2) is 10.0. The molecule has 3 aromatic rings. The lowest BCUT2D eigenvalue weighted by Crippen LogP contribution is -2.50. The lowest BCUT2D eigenvalue weighted by atomic mass is 9.93. The van der Waals surface area contributed by atoms with Crippen LogP contribution in [0.4, 0.5) is 11.4 Å². The molecule has 9 nitrogen and oxygen atoms in total. The van der Waals surface area contributed by atoms with Crippen molar-refractivity contribution in [1.82, 2.24) is 25.2 Å². The van der Waals surface area contributed by atoms with Gasteiger partial charge >= 0.3 is 0 Å². The predicted molar refractivity (Wildman–Crippen MR) is 133 cm³/mol. The Morgan fingerprint density at radius 2 is 2.00 bits per heavy atom. The van der Waals surface area contributed by atoms with Gasteiger partial charge in [-0.2, -0.15) is 0 Å². The Hall–Kier alpha value is -3.40. The summed E-state index contributed by atoms with van der Waals surface area (Å²) in [6.07, 6.45) is 7.31. The van der Waals surface area contributed by atoms with E-state index in [4.69, 9.17) is 0 Å². The Balaban J connectivity index is 1.50. The summed E-state index contributed by atoms with van der Waals surface area (Å²) < 4.78 is 0. The fourth-order valence-electron chi connectivity index (χ4n) is 4.18. The predicted octanol–water partition coefficient (Wildman–Crippen LogP) is 0.505. The first-order valence-corrected chi connectivity index (χ1v) is 11.4. The molecular weight excluding hydrogens is 417 g/mol. The van der Waals surface area contributed by atoms with E-state index in [0.717, 1.165) is 35.3 Å². The number of nitrogens with one attached hydrogen (secondary N) is 3. The molecule has 2 amide bonds. The highest BCUT2D eigenvalue weighted by molar-refractivity contribution is 6.38. The van der Waals surface area contributed by atoms with Crippen molar-refractivity contribution in [3.8, 4) is 0 Å². The van der Waals surface area contributed by atoms with Crippen LogP contribution in [0.5, 0.6) is 0 Å². The molecule has 4 heterocycles. The Morgan fingerprint density at radius 1 is 1.21 bits per heavy atom. The van der Waals surface area contributed by atoms with Gasteiger partial charge in [0.2, 0.25) is 5.91 Å². The molecule has 0 unspecified atom stereocenters. The van der Waals surface area contributed by atoms with Crippen molar-refractivity contribution >= 4 is 47.5 Å². The topological polar surface area (TPSA) is 106 Å². The Labute approximate surface area is 194 Å². The fourth-order valence-corrected chi connectivity index (χ4v) is 4.18. The Morgan fingerprint density at radius 3 is 2.70 bits per heavy atom. The third-order valence-electron chi connectivity index (χ3n) is 5.87. The Bertz CT molecular complexity index is 1120. The minimum atomic E-state index is -0.220. The number of carbonyl (C=O) groups is 2. The van der Waals surface area contributed by atoms with Gasteiger partial charge in [0, 0.05) is 75.7 Å². The van der Waals surface area contributed by atoms with Gasteiger partial charge in [-0.15, -0.1) is 0 Å². The number of hydrogen-bond donors (Lipinski definition) is 3. The van der Waals surface area contributed by atoms with Gasteiger partial charge in [-0.25, -0.2) is 4.98 Å². The summed E-state index contributed by atoms with van der Waals surface area (Å²) in [7, 11) is 2.02. The van der Waals surface area contributed by atoms with E-state index in [1.165, 1.54) is 0 Å². The monoisotopic (exact) mass is 447 g/mol. The summed E-state index contributed by atoms with van der Waals surface area (Å²) >= 11 is 0. The highest BCUT2D eigenvalue weighted by Crippen LogP contribution is 2.31. The highest BCUT2D eigenvalue weighted by atomic mass is 16.2. The average molecular weight is 447 g/mol. The zero-order valence-electron chi connectivity index (χ0n) is 19.4. The van der Waals surface area contributed by atoms with Crippen LogP contribution < -0.4 is 21.0 Å². The van der Waals surface area contributed by atoms with E-state index < -0.39 is 0 Å². The molecule has 1 fully saturated rings. The van der Waals surface area contributed by atoms with Crippen LogP contribution in [0.3, 0.4) is 0 Å². The van der Waals surface area contributed by atoms with Crippen LogP contribution in [-0.4, -0.2) is 78.3 Å². The summed E-state index contributed by atoms with van der Waals surface area (Å²) in [5.41, 5.74) is 3.96. The number of nitrogens with zero attached hydrogens (tertiary/aromatic N) is 4. The molecule has 0 radical (unpaired) electrons. The first kappa shape index (κ1) is 22.8. The molecule has 0 spiro atoms. The number of H-pyrrole nitrogens is 1. The van der Waals surface area contributed by atoms with Crippen LogP contribution in [0, 0.1) is 0 Å². The zero-order valence-corrected chi connectivity index (χ0v) is 19.4. The van der Waals surface area contributed by atoms with Gasteiger partial charge < -0.3 is 25.4 Å². The summed E-state index contributed by atoms with van der Waals surface area (Å²) in [6, 6.07) is 3.84. The minimum Gasteiger partial charge on any atom is -0.368 e. The molecule has 0 aromatic carbocycles. The number of amides is 2. The highest BCUT2D eigenvalue weighted by Gasteiger charge is 2.25. The molecule has 3 N–H and O–H groups in total. The van der Waals surface area contributed by atoms with Crippen molar-refractivity contribution in [1.29, 1.82) is 0 Å². The number of carbonyl (C=O) groups excluding carboxylic acids is 2. The summed E-state index contributed by atoms with van der Waals surface area (Å²) in [5.74, 6) is -0.0349. The van der Waals surface area contributed by atoms with E-state index in [1.54, 1.807) is 30.7 Å². The van der Waals surface area contributed by atoms with E-state index in [-0.39, 0.29) is 11.8 Å². The van der Waals surface area contributed by atoms with Crippen LogP contribution in [-0.2, 0) is 4.79 Å². The molecule has 3 aromatic heterocycles. The van der Waals surface area contributed by atoms with Crippen LogP contribution in [0.25, 0.3) is 11.0 Å². The van der Waals surface area contributed by atoms with Crippen LogP contribution >= 0.6 is 0 Å². The number of rotatable bonds is 7. The smallest absolute Gasteiger partial charge is 0.257 e. The van der Waals surface area contributed by atoms with Crippen LogP contribution in [0.2, 0.25) is 0 Å². The standard InChI is InChI=1S/C23H30BN7O2/c1-15(2)26-7-5-19(32)30-8-10-31(11-9-30)21-17(24)13-27-22-20(21)18(14-28-22)29-23(33)16-4-3-6-25-12-16/h3-4,6,12-15,26H,5,7-11,24H2,1-2H3,(H,27,28)(H,29,33). The number of fused-ring (bicyclic) bond motifs is 1. The Kier molecular flexibility index (Phi) is 6.93. The molecule has 0 bridgehead atoms. The molecule has 4 rings (SSSR count). The van der Waals surface area contributed by atoms with Crippen molar-refractivity contribution in [2.24, 2.45) is 0 Å². The number of anilines is 2. The number of pyridine rings is 2. The van der Waals surface area contributed by atoms with Gasteiger partial charge in [-0.05, 0) is 17.6 Å². The molecule has 0 aliphatic carbocycles. The molecule has 1 saturated heterocycles. The molecule has 10 heteroatoms. The van der Waals surface area contributed by atoms with Crippen LogP contribution in [0.1, 0.15) is 30.6 Å². The van der Waals surface area contributed by atoms with E-state index in [0.29, 0.717) is 43.3 Å². The van der Waals surface area contributed by atoms with Crippen LogP contribution in [0.15, 0.2) is 36.9 Å². The minimum absolute atomic E-state index is 0.186. The maximum atomic E-state index is 12.7. The molecule has 1 aliphatic rings. The van der Waals surface area contributed by atoms with Crippen molar-refractivity contribution < 1.29 is 9.59 Å². The first-order chi connectivity index (χ1) is 15.9. The third-order valence-corrected chi connectivity index (χ3v) is 5.87. The molecule has 0 atom stereocenters. The van der Waals surface area contributed by atoms with E-state index in [2.05, 4.69) is 44.3 Å². The quantitative estimate of drug-likeness (QED) is 0.456. The molecular formula is C23H30BN7O2. The van der Waals surface area contributed by atoms with E-state index in [9.17, 15) is 9.59 Å². The number of piperazine rings is 1. The first-order valence-electron chi connectivity index (χ1n) is 11.4. The zero-order chi connectivity index (χ0) is 23.4. The van der Waals surface area contributed by atoms with Crippen molar-refractivity contribution in [2.45, 2.75) is 26.3 Å². The van der Waals surface area contributed by atoms with Gasteiger partial charge in [0.05, 0.1) is 16.6 Å². The van der Waals surface area contributed by atoms with E-state index >= 15 is 0 Å². The van der Waals surface area contributed by atoms with Gasteiger partial charge in [0.25, 0.3) is 5.91 Å². The van der Waals surface area contributed by atoms with Crippen molar-refractivity contribution in [2.75, 3.05) is 42.9 Å². The van der Waals surface area contributed by atoms with Gasteiger partial charge in [0.15, 0.2) is 0 Å². The normalized spacial score (nSPS) is 14.2. The van der Waals surface area contributed by atoms with Crippen molar-refractivity contribution in [3.63, 3.8) is 0 Å². The summed E-state index contributed by atoms with van der Waals surface area (Å²) in [4.78, 5) is 41.2. The second-order valence-corrected chi connectivity index (χ2v) is 8.64. The maximum Gasteiger partial charge on any atom is 0.257 e. The summed E-state index contributed by atoms with van der Waals surface area (Å²) in [6.45, 7) is 7.65. The van der Waals surface area contributed by atoms with Gasteiger partial charge in [-0.1, -0.05) is 13.8 Å². The SMILES string of the molecule is Bc1cnc2[nH]cc(NC(=O)c3cccnc3)c2c1N1CCN(C(=O)CCNC(C)C)CC1. The van der Waals surface area contributed by atoms with Crippen molar-refractivity contribution in [3.05, 3.63) is 42.5 Å².